The monoisotopic (exact) mass is 668 g/mol. The minimum Gasteiger partial charge on any atom is -0.310 e. The van der Waals surface area contributed by atoms with Crippen LogP contribution >= 0.6 is 11.3 Å². The Morgan fingerprint density at radius 2 is 0.961 bits per heavy atom. The van der Waals surface area contributed by atoms with Crippen molar-refractivity contribution >= 4 is 70.4 Å². The van der Waals surface area contributed by atoms with E-state index in [1.54, 1.807) is 0 Å². The summed E-state index contributed by atoms with van der Waals surface area (Å²) in [5, 5.41) is 5.06. The van der Waals surface area contributed by atoms with Crippen LogP contribution in [0.3, 0.4) is 0 Å². The average molecular weight is 669 g/mol. The first kappa shape index (κ1) is 29.5. The first-order chi connectivity index (χ1) is 25.3. The van der Waals surface area contributed by atoms with Crippen molar-refractivity contribution in [2.45, 2.75) is 0 Å². The second kappa shape index (κ2) is 12.2. The van der Waals surface area contributed by atoms with Crippen LogP contribution in [0.15, 0.2) is 194 Å². The number of hydrogen-bond acceptors (Lipinski definition) is 2. The molecule has 0 amide bonds. The molecule has 8 aromatic carbocycles. The molecule has 0 unspecified atom stereocenters. The molecule has 0 spiro atoms. The fourth-order valence-electron chi connectivity index (χ4n) is 7.65. The molecule has 0 N–H and O–H groups in total. The van der Waals surface area contributed by atoms with Gasteiger partial charge in [-0.3, -0.25) is 0 Å². The molecule has 0 aliphatic heterocycles. The molecular weight excluding hydrogens is 637 g/mol. The molecule has 0 radical (unpaired) electrons. The standard InChI is InChI=1S/C48H32N2S/c1-4-13-33(14-5-1)34-23-25-37(26-24-34)49(39-28-30-47-42(31-39)41-19-10-11-22-46(41)51-47)38-27-29-44-43(32-38)48-40(35-15-6-2-7-16-35)20-12-21-45(48)50(44)36-17-8-3-9-18-36/h1-32H. The molecule has 0 saturated heterocycles. The SMILES string of the molecule is c1ccc(-c2ccc(N(c3ccc4sc5ccccc5c4c3)c3ccc4c(c3)c3c(-c5ccccc5)cccc3n4-c3ccccc3)cc2)cc1. The van der Waals surface area contributed by atoms with E-state index in [2.05, 4.69) is 204 Å². The number of anilines is 3. The van der Waals surface area contributed by atoms with E-state index in [1.165, 1.54) is 64.2 Å². The minimum atomic E-state index is 1.11. The Balaban J connectivity index is 1.23. The molecule has 0 aliphatic rings. The zero-order chi connectivity index (χ0) is 33.7. The van der Waals surface area contributed by atoms with Crippen molar-refractivity contribution in [3.8, 4) is 27.9 Å². The van der Waals surface area contributed by atoms with Crippen molar-refractivity contribution in [2.75, 3.05) is 4.90 Å². The molecule has 2 nitrogen and oxygen atoms in total. The normalized spacial score (nSPS) is 11.5. The summed E-state index contributed by atoms with van der Waals surface area (Å²) in [6, 6.07) is 70.4. The topological polar surface area (TPSA) is 8.17 Å². The lowest BCUT2D eigenvalue weighted by Gasteiger charge is -2.26. The van der Waals surface area contributed by atoms with Gasteiger partial charge in [0.05, 0.1) is 11.0 Å². The number of thiophene rings is 1. The van der Waals surface area contributed by atoms with Crippen molar-refractivity contribution in [2.24, 2.45) is 0 Å². The van der Waals surface area contributed by atoms with E-state index in [-0.39, 0.29) is 0 Å². The molecule has 10 aromatic rings. The Hall–Kier alpha value is -6.42. The van der Waals surface area contributed by atoms with E-state index < -0.39 is 0 Å². The average Bonchev–Trinajstić information content (AvgIpc) is 3.75. The van der Waals surface area contributed by atoms with E-state index in [9.17, 15) is 0 Å². The number of fused-ring (bicyclic) bond motifs is 6. The van der Waals surface area contributed by atoms with Crippen LogP contribution in [0.4, 0.5) is 17.1 Å². The summed E-state index contributed by atoms with van der Waals surface area (Å²) in [5.41, 5.74) is 11.7. The highest BCUT2D eigenvalue weighted by Gasteiger charge is 2.20. The number of benzene rings is 8. The highest BCUT2D eigenvalue weighted by Crippen LogP contribution is 2.44. The molecule has 0 bridgehead atoms. The molecule has 0 aliphatic carbocycles. The quantitative estimate of drug-likeness (QED) is 0.171. The van der Waals surface area contributed by atoms with Crippen LogP contribution in [-0.4, -0.2) is 4.57 Å². The van der Waals surface area contributed by atoms with Gasteiger partial charge in [-0.15, -0.1) is 11.3 Å². The molecule has 10 rings (SSSR count). The molecule has 51 heavy (non-hydrogen) atoms. The fourth-order valence-corrected chi connectivity index (χ4v) is 8.73. The zero-order valence-electron chi connectivity index (χ0n) is 27.8. The van der Waals surface area contributed by atoms with Crippen molar-refractivity contribution < 1.29 is 0 Å². The van der Waals surface area contributed by atoms with Crippen LogP contribution in [0.2, 0.25) is 0 Å². The van der Waals surface area contributed by atoms with E-state index in [4.69, 9.17) is 0 Å². The summed E-state index contributed by atoms with van der Waals surface area (Å²) >= 11 is 1.86. The maximum Gasteiger partial charge on any atom is 0.0547 e. The number of para-hydroxylation sites is 1. The van der Waals surface area contributed by atoms with Crippen LogP contribution in [0.5, 0.6) is 0 Å². The van der Waals surface area contributed by atoms with Gasteiger partial charge in [0.1, 0.15) is 0 Å². The summed E-state index contributed by atoms with van der Waals surface area (Å²) < 4.78 is 5.02. The third-order valence-corrected chi connectivity index (χ3v) is 11.1. The van der Waals surface area contributed by atoms with Gasteiger partial charge in [-0.1, -0.05) is 121 Å². The van der Waals surface area contributed by atoms with Crippen LogP contribution in [0.25, 0.3) is 69.9 Å². The maximum absolute atomic E-state index is 2.41. The Kier molecular flexibility index (Phi) is 7.04. The fraction of sp³-hybridized carbons (Fsp3) is 0. The minimum absolute atomic E-state index is 1.11. The zero-order valence-corrected chi connectivity index (χ0v) is 28.6. The predicted octanol–water partition coefficient (Wildman–Crippen LogP) is 14.0. The second-order valence-electron chi connectivity index (χ2n) is 13.0. The number of aromatic nitrogens is 1. The smallest absolute Gasteiger partial charge is 0.0547 e. The summed E-state index contributed by atoms with van der Waals surface area (Å²) in [6.45, 7) is 0. The third kappa shape index (κ3) is 5.01. The molecule has 0 saturated carbocycles. The van der Waals surface area contributed by atoms with Crippen LogP contribution < -0.4 is 4.90 Å². The highest BCUT2D eigenvalue weighted by atomic mass is 32.1. The van der Waals surface area contributed by atoms with Gasteiger partial charge in [0.2, 0.25) is 0 Å². The van der Waals surface area contributed by atoms with Gasteiger partial charge < -0.3 is 9.47 Å². The van der Waals surface area contributed by atoms with Gasteiger partial charge in [-0.25, -0.2) is 0 Å². The van der Waals surface area contributed by atoms with E-state index >= 15 is 0 Å². The summed E-state index contributed by atoms with van der Waals surface area (Å²) in [4.78, 5) is 2.41. The van der Waals surface area contributed by atoms with Crippen LogP contribution in [-0.2, 0) is 0 Å². The molecule has 2 aromatic heterocycles. The Morgan fingerprint density at radius 3 is 1.73 bits per heavy atom. The number of rotatable bonds is 6. The number of hydrogen-bond donors (Lipinski definition) is 0. The third-order valence-electron chi connectivity index (χ3n) is 9.98. The highest BCUT2D eigenvalue weighted by molar-refractivity contribution is 7.25. The molecular formula is C48H32N2S. The van der Waals surface area contributed by atoms with E-state index in [0.717, 1.165) is 22.7 Å². The molecule has 3 heteroatoms. The Bertz CT molecular complexity index is 2830. The maximum atomic E-state index is 2.41. The van der Waals surface area contributed by atoms with Crippen molar-refractivity contribution in [3.05, 3.63) is 194 Å². The van der Waals surface area contributed by atoms with Crippen molar-refractivity contribution in [1.82, 2.24) is 4.57 Å². The van der Waals surface area contributed by atoms with Gasteiger partial charge in [-0.05, 0) is 95.1 Å². The van der Waals surface area contributed by atoms with Gasteiger partial charge in [0.25, 0.3) is 0 Å². The first-order valence-corrected chi connectivity index (χ1v) is 18.2. The molecule has 240 valence electrons. The van der Waals surface area contributed by atoms with Crippen LogP contribution in [0, 0.1) is 0 Å². The van der Waals surface area contributed by atoms with Crippen LogP contribution in [0.1, 0.15) is 0 Å². The first-order valence-electron chi connectivity index (χ1n) is 17.4. The Labute approximate surface area is 300 Å². The van der Waals surface area contributed by atoms with E-state index in [0.29, 0.717) is 0 Å². The van der Waals surface area contributed by atoms with Crippen molar-refractivity contribution in [1.29, 1.82) is 0 Å². The van der Waals surface area contributed by atoms with Crippen molar-refractivity contribution in [3.63, 3.8) is 0 Å². The lowest BCUT2D eigenvalue weighted by Crippen LogP contribution is -2.09. The number of nitrogens with zero attached hydrogens (tertiary/aromatic N) is 2. The van der Waals surface area contributed by atoms with Gasteiger partial charge in [-0.2, -0.15) is 0 Å². The second-order valence-corrected chi connectivity index (χ2v) is 14.0. The lowest BCUT2D eigenvalue weighted by atomic mass is 9.99. The predicted molar refractivity (Wildman–Crippen MR) is 219 cm³/mol. The molecule has 0 atom stereocenters. The van der Waals surface area contributed by atoms with Gasteiger partial charge >= 0.3 is 0 Å². The van der Waals surface area contributed by atoms with E-state index in [1.807, 2.05) is 11.3 Å². The summed E-state index contributed by atoms with van der Waals surface area (Å²) in [7, 11) is 0. The summed E-state index contributed by atoms with van der Waals surface area (Å²) in [5.74, 6) is 0. The Morgan fingerprint density at radius 1 is 0.373 bits per heavy atom. The summed E-state index contributed by atoms with van der Waals surface area (Å²) in [6.07, 6.45) is 0. The molecule has 2 heterocycles. The lowest BCUT2D eigenvalue weighted by molar-refractivity contribution is 1.18. The largest absolute Gasteiger partial charge is 0.310 e. The molecule has 0 fully saturated rings. The van der Waals surface area contributed by atoms with Gasteiger partial charge in [0, 0.05) is 53.7 Å². The van der Waals surface area contributed by atoms with Gasteiger partial charge in [0.15, 0.2) is 0 Å².